The molecule has 0 saturated carbocycles. The molecule has 3 rings (SSSR count). The fourth-order valence-corrected chi connectivity index (χ4v) is 5.12. The van der Waals surface area contributed by atoms with Crippen LogP contribution in [0.2, 0.25) is 0 Å². The molecule has 5 nitrogen and oxygen atoms in total. The largest absolute Gasteiger partial charge is 0.381 e. The van der Waals surface area contributed by atoms with Crippen molar-refractivity contribution in [2.75, 3.05) is 20.2 Å². The third-order valence-corrected chi connectivity index (χ3v) is 6.97. The summed E-state index contributed by atoms with van der Waals surface area (Å²) >= 11 is 0. The van der Waals surface area contributed by atoms with E-state index in [0.29, 0.717) is 13.1 Å². The number of rotatable bonds is 5. The Bertz CT molecular complexity index is 667. The molecular weight excluding hydrogens is 324 g/mol. The molecule has 2 aliphatic rings. The Morgan fingerprint density at radius 3 is 2.50 bits per heavy atom. The smallest absolute Gasteiger partial charge is 0.279 e. The molecule has 1 N–H and O–H groups in total. The molecule has 1 aliphatic heterocycles. The van der Waals surface area contributed by atoms with Crippen molar-refractivity contribution in [3.63, 3.8) is 0 Å². The summed E-state index contributed by atoms with van der Waals surface area (Å²) in [6.45, 7) is 2.96. The number of ether oxygens (including phenoxy) is 1. The number of benzene rings is 1. The highest BCUT2D eigenvalue weighted by atomic mass is 32.2. The third kappa shape index (κ3) is 3.99. The maximum atomic E-state index is 12.6. The van der Waals surface area contributed by atoms with Crippen LogP contribution in [-0.2, 0) is 27.8 Å². The molecule has 0 amide bonds. The van der Waals surface area contributed by atoms with Gasteiger partial charge in [-0.25, -0.2) is 0 Å². The van der Waals surface area contributed by atoms with E-state index in [1.807, 2.05) is 6.92 Å². The Kier molecular flexibility index (Phi) is 5.59. The van der Waals surface area contributed by atoms with Crippen LogP contribution in [0, 0.1) is 0 Å². The van der Waals surface area contributed by atoms with Crippen LogP contribution in [0.5, 0.6) is 0 Å². The van der Waals surface area contributed by atoms with Crippen molar-refractivity contribution in [2.24, 2.45) is 0 Å². The van der Waals surface area contributed by atoms with Crippen LogP contribution >= 0.6 is 0 Å². The summed E-state index contributed by atoms with van der Waals surface area (Å²) in [7, 11) is -1.77. The zero-order chi connectivity index (χ0) is 17.2. The molecule has 1 atom stereocenters. The van der Waals surface area contributed by atoms with Gasteiger partial charge in [0.15, 0.2) is 0 Å². The Balaban J connectivity index is 1.66. The average Bonchev–Trinajstić information content (AvgIpc) is 2.61. The van der Waals surface area contributed by atoms with E-state index in [4.69, 9.17) is 4.74 Å². The summed E-state index contributed by atoms with van der Waals surface area (Å²) in [5.74, 6) is 0. The Morgan fingerprint density at radius 1 is 1.17 bits per heavy atom. The van der Waals surface area contributed by atoms with Crippen LogP contribution in [-0.4, -0.2) is 39.0 Å². The lowest BCUT2D eigenvalue weighted by atomic mass is 9.89. The topological polar surface area (TPSA) is 58.6 Å². The van der Waals surface area contributed by atoms with Gasteiger partial charge in [0.05, 0.1) is 6.10 Å². The molecule has 134 valence electrons. The van der Waals surface area contributed by atoms with Crippen molar-refractivity contribution in [1.82, 2.24) is 9.03 Å². The number of piperidine rings is 1. The first-order chi connectivity index (χ1) is 11.5. The first-order valence-electron chi connectivity index (χ1n) is 8.91. The van der Waals surface area contributed by atoms with Gasteiger partial charge in [-0.1, -0.05) is 18.2 Å². The van der Waals surface area contributed by atoms with Crippen molar-refractivity contribution < 1.29 is 13.2 Å². The first-order valence-corrected chi connectivity index (χ1v) is 10.4. The molecule has 1 aliphatic carbocycles. The lowest BCUT2D eigenvalue weighted by Gasteiger charge is -2.31. The van der Waals surface area contributed by atoms with Crippen molar-refractivity contribution in [2.45, 2.75) is 57.6 Å². The molecule has 24 heavy (non-hydrogen) atoms. The van der Waals surface area contributed by atoms with Crippen LogP contribution in [0.15, 0.2) is 18.2 Å². The third-order valence-electron chi connectivity index (χ3n) is 5.27. The molecular formula is C18H28N2O3S. The van der Waals surface area contributed by atoms with Gasteiger partial charge in [0, 0.05) is 26.2 Å². The lowest BCUT2D eigenvalue weighted by Crippen LogP contribution is -2.46. The van der Waals surface area contributed by atoms with Crippen LogP contribution in [0.3, 0.4) is 0 Å². The second-order valence-electron chi connectivity index (χ2n) is 6.91. The van der Waals surface area contributed by atoms with Crippen molar-refractivity contribution in [3.8, 4) is 0 Å². The zero-order valence-corrected chi connectivity index (χ0v) is 15.4. The molecule has 1 fully saturated rings. The molecule has 0 radical (unpaired) electrons. The highest BCUT2D eigenvalue weighted by molar-refractivity contribution is 7.87. The SMILES string of the molecule is COC1CCN(S(=O)(=O)NC(C)c2ccc3c(c2)CCCC3)CC1. The normalized spacial score (nSPS) is 21.4. The fraction of sp³-hybridized carbons (Fsp3) is 0.667. The summed E-state index contributed by atoms with van der Waals surface area (Å²) in [5.41, 5.74) is 3.85. The second-order valence-corrected chi connectivity index (χ2v) is 8.62. The zero-order valence-electron chi connectivity index (χ0n) is 14.6. The summed E-state index contributed by atoms with van der Waals surface area (Å²) in [4.78, 5) is 0. The number of nitrogens with one attached hydrogen (secondary N) is 1. The average molecular weight is 353 g/mol. The Morgan fingerprint density at radius 2 is 1.83 bits per heavy atom. The fourth-order valence-electron chi connectivity index (χ4n) is 3.70. The van der Waals surface area contributed by atoms with E-state index in [1.54, 1.807) is 7.11 Å². The van der Waals surface area contributed by atoms with Crippen LogP contribution < -0.4 is 4.72 Å². The van der Waals surface area contributed by atoms with Gasteiger partial charge < -0.3 is 4.74 Å². The summed E-state index contributed by atoms with van der Waals surface area (Å²) < 4.78 is 34.9. The first kappa shape index (κ1) is 17.9. The molecule has 1 saturated heterocycles. The molecule has 6 heteroatoms. The molecule has 1 aromatic carbocycles. The number of fused-ring (bicyclic) bond motifs is 1. The van der Waals surface area contributed by atoms with E-state index in [9.17, 15) is 8.42 Å². The molecule has 0 bridgehead atoms. The van der Waals surface area contributed by atoms with Crippen molar-refractivity contribution in [3.05, 3.63) is 34.9 Å². The highest BCUT2D eigenvalue weighted by Gasteiger charge is 2.29. The number of methoxy groups -OCH3 is 1. The van der Waals surface area contributed by atoms with Crippen LogP contribution in [0.25, 0.3) is 0 Å². The predicted octanol–water partition coefficient (Wildman–Crippen LogP) is 2.57. The number of hydrogen-bond donors (Lipinski definition) is 1. The maximum Gasteiger partial charge on any atom is 0.279 e. The molecule has 0 spiro atoms. The van der Waals surface area contributed by atoms with E-state index in [0.717, 1.165) is 31.2 Å². The summed E-state index contributed by atoms with van der Waals surface area (Å²) in [6, 6.07) is 6.19. The van der Waals surface area contributed by atoms with Gasteiger partial charge in [-0.2, -0.15) is 17.4 Å². The number of aryl methyl sites for hydroxylation is 2. The number of nitrogens with zero attached hydrogens (tertiary/aromatic N) is 1. The van der Waals surface area contributed by atoms with E-state index in [-0.39, 0.29) is 12.1 Å². The summed E-state index contributed by atoms with van der Waals surface area (Å²) in [5, 5.41) is 0. The Hall–Kier alpha value is -0.950. The lowest BCUT2D eigenvalue weighted by molar-refractivity contribution is 0.0601. The minimum Gasteiger partial charge on any atom is -0.381 e. The van der Waals surface area contributed by atoms with Gasteiger partial charge in [-0.15, -0.1) is 0 Å². The number of hydrogen-bond acceptors (Lipinski definition) is 3. The monoisotopic (exact) mass is 352 g/mol. The highest BCUT2D eigenvalue weighted by Crippen LogP contribution is 2.25. The summed E-state index contributed by atoms with van der Waals surface area (Å²) in [6.07, 6.45) is 6.42. The Labute approximate surface area is 145 Å². The van der Waals surface area contributed by atoms with Crippen LogP contribution in [0.4, 0.5) is 0 Å². The van der Waals surface area contributed by atoms with E-state index in [2.05, 4.69) is 22.9 Å². The van der Waals surface area contributed by atoms with Gasteiger partial charge in [0.1, 0.15) is 0 Å². The molecule has 1 heterocycles. The second kappa shape index (κ2) is 7.52. The standard InChI is InChI=1S/C18H28N2O3S/c1-14(16-8-7-15-5-3-4-6-17(15)13-16)19-24(21,22)20-11-9-18(23-2)10-12-20/h7-8,13-14,18-19H,3-6,9-12H2,1-2H3. The van der Waals surface area contributed by atoms with E-state index < -0.39 is 10.2 Å². The molecule has 1 unspecified atom stereocenters. The predicted molar refractivity (Wildman–Crippen MR) is 95.2 cm³/mol. The van der Waals surface area contributed by atoms with Crippen molar-refractivity contribution >= 4 is 10.2 Å². The van der Waals surface area contributed by atoms with Gasteiger partial charge in [-0.3, -0.25) is 0 Å². The van der Waals surface area contributed by atoms with Gasteiger partial charge in [0.2, 0.25) is 0 Å². The van der Waals surface area contributed by atoms with Gasteiger partial charge in [-0.05, 0) is 62.1 Å². The van der Waals surface area contributed by atoms with Gasteiger partial charge in [0.25, 0.3) is 10.2 Å². The molecule has 0 aromatic heterocycles. The van der Waals surface area contributed by atoms with Crippen LogP contribution in [0.1, 0.15) is 55.3 Å². The van der Waals surface area contributed by atoms with E-state index in [1.165, 1.54) is 28.3 Å². The van der Waals surface area contributed by atoms with E-state index >= 15 is 0 Å². The quantitative estimate of drug-likeness (QED) is 0.886. The maximum absolute atomic E-state index is 12.6. The molecule has 1 aromatic rings. The van der Waals surface area contributed by atoms with Gasteiger partial charge >= 0.3 is 0 Å². The minimum absolute atomic E-state index is 0.175. The van der Waals surface area contributed by atoms with Crippen molar-refractivity contribution in [1.29, 1.82) is 0 Å². The minimum atomic E-state index is -3.46.